The van der Waals surface area contributed by atoms with Gasteiger partial charge in [0.1, 0.15) is 5.82 Å². The Balaban J connectivity index is 2.21. The van der Waals surface area contributed by atoms with E-state index in [1.807, 2.05) is 12.1 Å². The third-order valence-corrected chi connectivity index (χ3v) is 5.01. The van der Waals surface area contributed by atoms with Crippen LogP contribution in [0.2, 0.25) is 0 Å². The fourth-order valence-electron chi connectivity index (χ4n) is 3.19. The van der Waals surface area contributed by atoms with Crippen molar-refractivity contribution in [3.63, 3.8) is 0 Å². The molecule has 1 atom stereocenters. The molecule has 0 radical (unpaired) electrons. The van der Waals surface area contributed by atoms with E-state index >= 15 is 0 Å². The summed E-state index contributed by atoms with van der Waals surface area (Å²) in [6.07, 6.45) is 8.29. The molecule has 2 rings (SSSR count). The molecule has 0 aromatic heterocycles. The van der Waals surface area contributed by atoms with Crippen LogP contribution in [0, 0.1) is 5.82 Å². The number of hydrogen-bond donors (Lipinski definition) is 1. The third kappa shape index (κ3) is 3.79. The highest BCUT2D eigenvalue weighted by Gasteiger charge is 2.30. The third-order valence-electron chi connectivity index (χ3n) is 4.12. The Labute approximate surface area is 124 Å². The molecule has 1 N–H and O–H groups in total. The summed E-state index contributed by atoms with van der Waals surface area (Å²) in [5.74, 6) is -0.155. The fraction of sp³-hybridized carbons (Fsp3) is 0.625. The molecule has 1 aliphatic rings. The second-order valence-corrected chi connectivity index (χ2v) is 6.45. The summed E-state index contributed by atoms with van der Waals surface area (Å²) < 4.78 is 14.3. The van der Waals surface area contributed by atoms with Gasteiger partial charge in [0.05, 0.1) is 4.47 Å². The van der Waals surface area contributed by atoms with Crippen LogP contribution < -0.4 is 5.32 Å². The van der Waals surface area contributed by atoms with Crippen molar-refractivity contribution in [3.05, 3.63) is 34.1 Å². The molecule has 0 saturated carbocycles. The largest absolute Gasteiger partial charge is 0.311 e. The molecule has 1 nitrogen and oxygen atoms in total. The van der Waals surface area contributed by atoms with E-state index in [9.17, 15) is 4.39 Å². The zero-order valence-corrected chi connectivity index (χ0v) is 13.2. The van der Waals surface area contributed by atoms with Gasteiger partial charge in [-0.15, -0.1) is 0 Å². The Morgan fingerprint density at radius 1 is 1.32 bits per heavy atom. The molecule has 1 unspecified atom stereocenters. The van der Waals surface area contributed by atoms with E-state index in [4.69, 9.17) is 0 Å². The minimum absolute atomic E-state index is 0.154. The van der Waals surface area contributed by atoms with Gasteiger partial charge < -0.3 is 5.32 Å². The van der Waals surface area contributed by atoms with Crippen LogP contribution in [0.3, 0.4) is 0 Å². The molecule has 3 heteroatoms. The zero-order valence-electron chi connectivity index (χ0n) is 11.6. The molecular weight excluding hydrogens is 305 g/mol. The standard InChI is InChI=1S/C16H23BrFN/c1-2-9-16(10-4-3-5-11-19-16)12-13-7-6-8-14(18)15(13)17/h6-8,19H,2-5,9-12H2,1H3. The maximum absolute atomic E-state index is 13.7. The van der Waals surface area contributed by atoms with Crippen molar-refractivity contribution >= 4 is 15.9 Å². The summed E-state index contributed by atoms with van der Waals surface area (Å²) in [5.41, 5.74) is 1.24. The number of rotatable bonds is 4. The summed E-state index contributed by atoms with van der Waals surface area (Å²) in [5, 5.41) is 3.75. The van der Waals surface area contributed by atoms with Crippen molar-refractivity contribution in [2.45, 2.75) is 57.4 Å². The number of halogens is 2. The molecule has 1 fully saturated rings. The van der Waals surface area contributed by atoms with Crippen molar-refractivity contribution in [2.75, 3.05) is 6.54 Å². The van der Waals surface area contributed by atoms with Gasteiger partial charge in [0.25, 0.3) is 0 Å². The van der Waals surface area contributed by atoms with Gasteiger partial charge in [-0.05, 0) is 59.8 Å². The van der Waals surface area contributed by atoms with Crippen molar-refractivity contribution in [3.8, 4) is 0 Å². The zero-order chi connectivity index (χ0) is 13.7. The quantitative estimate of drug-likeness (QED) is 0.834. The monoisotopic (exact) mass is 327 g/mol. The summed E-state index contributed by atoms with van der Waals surface area (Å²) >= 11 is 3.40. The Hall–Kier alpha value is -0.410. The van der Waals surface area contributed by atoms with E-state index < -0.39 is 0 Å². The maximum Gasteiger partial charge on any atom is 0.137 e. The fourth-order valence-corrected chi connectivity index (χ4v) is 3.59. The van der Waals surface area contributed by atoms with Gasteiger partial charge in [0.15, 0.2) is 0 Å². The first-order valence-corrected chi connectivity index (χ1v) is 8.14. The van der Waals surface area contributed by atoms with Crippen LogP contribution in [0.1, 0.15) is 51.0 Å². The predicted molar refractivity (Wildman–Crippen MR) is 81.9 cm³/mol. The Kier molecular flexibility index (Phi) is 5.40. The summed E-state index contributed by atoms with van der Waals surface area (Å²) in [6, 6.07) is 5.36. The van der Waals surface area contributed by atoms with Crippen LogP contribution in [-0.2, 0) is 6.42 Å². The van der Waals surface area contributed by atoms with Crippen LogP contribution in [0.25, 0.3) is 0 Å². The Morgan fingerprint density at radius 2 is 2.16 bits per heavy atom. The average molecular weight is 328 g/mol. The molecule has 1 aliphatic heterocycles. The molecule has 0 amide bonds. The van der Waals surface area contributed by atoms with E-state index in [1.165, 1.54) is 38.2 Å². The van der Waals surface area contributed by atoms with Crippen molar-refractivity contribution in [2.24, 2.45) is 0 Å². The molecule has 0 aliphatic carbocycles. The van der Waals surface area contributed by atoms with Gasteiger partial charge in [-0.3, -0.25) is 0 Å². The first-order valence-electron chi connectivity index (χ1n) is 7.35. The van der Waals surface area contributed by atoms with E-state index in [2.05, 4.69) is 28.2 Å². The number of benzene rings is 1. The van der Waals surface area contributed by atoms with Crippen LogP contribution in [0.15, 0.2) is 22.7 Å². The van der Waals surface area contributed by atoms with Crippen LogP contribution in [-0.4, -0.2) is 12.1 Å². The van der Waals surface area contributed by atoms with Gasteiger partial charge in [-0.1, -0.05) is 38.3 Å². The van der Waals surface area contributed by atoms with Crippen molar-refractivity contribution < 1.29 is 4.39 Å². The average Bonchev–Trinajstić information content (AvgIpc) is 2.62. The lowest BCUT2D eigenvalue weighted by Gasteiger charge is -2.34. The van der Waals surface area contributed by atoms with E-state index in [-0.39, 0.29) is 11.4 Å². The van der Waals surface area contributed by atoms with Crippen LogP contribution in [0.4, 0.5) is 4.39 Å². The first-order chi connectivity index (χ1) is 9.17. The predicted octanol–water partition coefficient (Wildman–Crippen LogP) is 4.83. The van der Waals surface area contributed by atoms with E-state index in [1.54, 1.807) is 0 Å². The Bertz CT molecular complexity index is 411. The summed E-state index contributed by atoms with van der Waals surface area (Å²) in [4.78, 5) is 0. The van der Waals surface area contributed by atoms with Crippen LogP contribution >= 0.6 is 15.9 Å². The van der Waals surface area contributed by atoms with Crippen molar-refractivity contribution in [1.82, 2.24) is 5.32 Å². The lowest BCUT2D eigenvalue weighted by Crippen LogP contribution is -2.46. The van der Waals surface area contributed by atoms with Gasteiger partial charge in [0.2, 0.25) is 0 Å². The van der Waals surface area contributed by atoms with Gasteiger partial charge in [-0.25, -0.2) is 4.39 Å². The second-order valence-electron chi connectivity index (χ2n) is 5.66. The molecule has 1 saturated heterocycles. The normalized spacial score (nSPS) is 24.2. The lowest BCUT2D eigenvalue weighted by molar-refractivity contribution is 0.287. The lowest BCUT2D eigenvalue weighted by atomic mass is 9.83. The first kappa shape index (κ1) is 15.0. The molecule has 1 aromatic carbocycles. The van der Waals surface area contributed by atoms with Gasteiger partial charge >= 0.3 is 0 Å². The minimum atomic E-state index is -0.155. The highest BCUT2D eigenvalue weighted by Crippen LogP contribution is 2.31. The Morgan fingerprint density at radius 3 is 2.95 bits per heavy atom. The topological polar surface area (TPSA) is 12.0 Å². The highest BCUT2D eigenvalue weighted by atomic mass is 79.9. The molecular formula is C16H23BrFN. The van der Waals surface area contributed by atoms with E-state index in [0.29, 0.717) is 4.47 Å². The smallest absolute Gasteiger partial charge is 0.137 e. The van der Waals surface area contributed by atoms with Crippen molar-refractivity contribution in [1.29, 1.82) is 0 Å². The number of hydrogen-bond acceptors (Lipinski definition) is 1. The molecule has 19 heavy (non-hydrogen) atoms. The van der Waals surface area contributed by atoms with E-state index in [0.717, 1.165) is 24.9 Å². The van der Waals surface area contributed by atoms with Crippen LogP contribution in [0.5, 0.6) is 0 Å². The molecule has 1 aromatic rings. The van der Waals surface area contributed by atoms with Gasteiger partial charge in [0, 0.05) is 5.54 Å². The summed E-state index contributed by atoms with van der Waals surface area (Å²) in [6.45, 7) is 3.32. The SMILES string of the molecule is CCCC1(Cc2cccc(F)c2Br)CCCCCN1. The summed E-state index contributed by atoms with van der Waals surface area (Å²) in [7, 11) is 0. The molecule has 106 valence electrons. The molecule has 0 spiro atoms. The minimum Gasteiger partial charge on any atom is -0.311 e. The van der Waals surface area contributed by atoms with Gasteiger partial charge in [-0.2, -0.15) is 0 Å². The highest BCUT2D eigenvalue weighted by molar-refractivity contribution is 9.10. The molecule has 0 bridgehead atoms. The number of nitrogens with one attached hydrogen (secondary N) is 1. The maximum atomic E-state index is 13.7. The second kappa shape index (κ2) is 6.85. The molecule has 1 heterocycles.